The van der Waals surface area contributed by atoms with E-state index in [0.29, 0.717) is 26.2 Å². The van der Waals surface area contributed by atoms with Gasteiger partial charge in [0.05, 0.1) is 6.26 Å². The molecule has 7 heteroatoms. The van der Waals surface area contributed by atoms with Gasteiger partial charge >= 0.3 is 0 Å². The first-order valence-electron chi connectivity index (χ1n) is 3.62. The first-order valence-corrected chi connectivity index (χ1v) is 5.47. The SMILES string of the molecule is CS(=O)(=O)N1CCN([C-]=O)CC1.[V]. The minimum Gasteiger partial charge on any atom is -0.520 e. The van der Waals surface area contributed by atoms with E-state index in [9.17, 15) is 13.2 Å². The third-order valence-corrected chi connectivity index (χ3v) is 3.14. The van der Waals surface area contributed by atoms with Crippen LogP contribution in [0.3, 0.4) is 0 Å². The van der Waals surface area contributed by atoms with Crippen molar-refractivity contribution in [3.8, 4) is 0 Å². The summed E-state index contributed by atoms with van der Waals surface area (Å²) in [6.07, 6.45) is 2.91. The molecule has 0 saturated carbocycles. The van der Waals surface area contributed by atoms with E-state index < -0.39 is 10.0 Å². The third kappa shape index (κ3) is 3.68. The molecule has 5 nitrogen and oxygen atoms in total. The maximum Gasteiger partial charge on any atom is 0.211 e. The molecule has 0 spiro atoms. The number of hydrogen-bond donors (Lipinski definition) is 0. The van der Waals surface area contributed by atoms with Gasteiger partial charge in [-0.25, -0.2) is 8.42 Å². The summed E-state index contributed by atoms with van der Waals surface area (Å²) in [5, 5.41) is 0. The maximum atomic E-state index is 11.0. The number of nitrogens with zero attached hydrogens (tertiary/aromatic N) is 2. The van der Waals surface area contributed by atoms with Gasteiger partial charge in [-0.05, 0) is 0 Å². The van der Waals surface area contributed by atoms with Gasteiger partial charge in [0.1, 0.15) is 0 Å². The molecule has 0 aromatic rings. The summed E-state index contributed by atoms with van der Waals surface area (Å²) >= 11 is 0. The normalized spacial score (nSPS) is 19.3. The quantitative estimate of drug-likeness (QED) is 0.561. The summed E-state index contributed by atoms with van der Waals surface area (Å²) in [7, 11) is -3.08. The number of carbonyl (C=O) groups excluding carboxylic acids is 1. The molecule has 0 atom stereocenters. The Hall–Kier alpha value is -0.0356. The van der Waals surface area contributed by atoms with Crippen molar-refractivity contribution in [3.63, 3.8) is 0 Å². The van der Waals surface area contributed by atoms with Crippen LogP contribution in [-0.2, 0) is 33.4 Å². The van der Waals surface area contributed by atoms with E-state index in [2.05, 4.69) is 0 Å². The average molecular weight is 242 g/mol. The van der Waals surface area contributed by atoms with Gasteiger partial charge < -0.3 is 9.69 Å². The zero-order valence-corrected chi connectivity index (χ0v) is 9.52. The molecule has 1 fully saturated rings. The minimum absolute atomic E-state index is 0. The van der Waals surface area contributed by atoms with Crippen LogP contribution in [0, 0.1) is 0 Å². The molecule has 0 aromatic carbocycles. The standard InChI is InChI=1S/C6H11N2O3S.V/c1-12(10,11)8-4-2-7(6-9)3-5-8;/h2-5H2,1H3;/q-1;. The fourth-order valence-electron chi connectivity index (χ4n) is 1.11. The second-order valence-electron chi connectivity index (χ2n) is 2.74. The van der Waals surface area contributed by atoms with E-state index in [4.69, 9.17) is 0 Å². The Bertz CT molecular complexity index is 259. The van der Waals surface area contributed by atoms with Crippen LogP contribution in [0.15, 0.2) is 0 Å². The summed E-state index contributed by atoms with van der Waals surface area (Å²) < 4.78 is 23.3. The smallest absolute Gasteiger partial charge is 0.211 e. The molecule has 13 heavy (non-hydrogen) atoms. The Balaban J connectivity index is 0.00000144. The molecule has 1 heterocycles. The first-order chi connectivity index (χ1) is 5.54. The van der Waals surface area contributed by atoms with Gasteiger partial charge in [-0.3, -0.25) is 0 Å². The van der Waals surface area contributed by atoms with Crippen LogP contribution in [0.4, 0.5) is 0 Å². The number of rotatable bonds is 2. The molecule has 0 aliphatic carbocycles. The van der Waals surface area contributed by atoms with Gasteiger partial charge in [0.25, 0.3) is 0 Å². The zero-order valence-electron chi connectivity index (χ0n) is 7.30. The van der Waals surface area contributed by atoms with Crippen molar-refractivity contribution >= 4 is 16.4 Å². The Labute approximate surface area is 90.0 Å². The van der Waals surface area contributed by atoms with Gasteiger partial charge in [-0.2, -0.15) is 10.7 Å². The van der Waals surface area contributed by atoms with Crippen LogP contribution in [0.1, 0.15) is 0 Å². The minimum atomic E-state index is -3.08. The van der Waals surface area contributed by atoms with Gasteiger partial charge in [0.2, 0.25) is 10.0 Å². The Morgan fingerprint density at radius 3 is 1.92 bits per heavy atom. The molecule has 0 aromatic heterocycles. The summed E-state index contributed by atoms with van der Waals surface area (Å²) in [5.41, 5.74) is 0. The topological polar surface area (TPSA) is 57.7 Å². The van der Waals surface area contributed by atoms with Crippen molar-refractivity contribution in [1.29, 1.82) is 0 Å². The third-order valence-electron chi connectivity index (χ3n) is 1.84. The molecule has 0 N–H and O–H groups in total. The van der Waals surface area contributed by atoms with Crippen molar-refractivity contribution < 1.29 is 31.8 Å². The zero-order chi connectivity index (χ0) is 9.19. The van der Waals surface area contributed by atoms with Crippen molar-refractivity contribution in [3.05, 3.63) is 0 Å². The molecule has 1 rings (SSSR count). The maximum absolute atomic E-state index is 11.0. The van der Waals surface area contributed by atoms with Crippen LogP contribution in [0.25, 0.3) is 0 Å². The van der Waals surface area contributed by atoms with E-state index in [0.717, 1.165) is 0 Å². The molecule has 75 valence electrons. The summed E-state index contributed by atoms with van der Waals surface area (Å²) in [4.78, 5) is 11.6. The Kier molecular flexibility index (Phi) is 4.98. The monoisotopic (exact) mass is 242 g/mol. The predicted molar refractivity (Wildman–Crippen MR) is 43.7 cm³/mol. The molecular formula is C6H11N2O3SV-. The number of piperazine rings is 1. The second-order valence-corrected chi connectivity index (χ2v) is 4.72. The summed E-state index contributed by atoms with van der Waals surface area (Å²) in [6.45, 7) is 1.65. The van der Waals surface area contributed by atoms with E-state index in [1.165, 1.54) is 15.5 Å². The largest absolute Gasteiger partial charge is 0.520 e. The molecule has 1 radical (unpaired) electrons. The fourth-order valence-corrected chi connectivity index (χ4v) is 1.94. The van der Waals surface area contributed by atoms with Crippen molar-refractivity contribution in [2.45, 2.75) is 0 Å². The van der Waals surface area contributed by atoms with E-state index in [1.807, 2.05) is 0 Å². The summed E-state index contributed by atoms with van der Waals surface area (Å²) in [6, 6.07) is 0. The fraction of sp³-hybridized carbons (Fsp3) is 0.833. The molecule has 1 aliphatic heterocycles. The Morgan fingerprint density at radius 2 is 1.62 bits per heavy atom. The molecule has 0 unspecified atom stereocenters. The van der Waals surface area contributed by atoms with Crippen LogP contribution in [0.5, 0.6) is 0 Å². The predicted octanol–water partition coefficient (Wildman–Crippen LogP) is -1.37. The summed E-state index contributed by atoms with van der Waals surface area (Å²) in [5.74, 6) is 0. The number of hydrogen-bond acceptors (Lipinski definition) is 3. The molecule has 1 amide bonds. The van der Waals surface area contributed by atoms with Crippen molar-refractivity contribution in [2.24, 2.45) is 0 Å². The van der Waals surface area contributed by atoms with Crippen LogP contribution < -0.4 is 0 Å². The van der Waals surface area contributed by atoms with Crippen molar-refractivity contribution in [2.75, 3.05) is 32.4 Å². The van der Waals surface area contributed by atoms with E-state index in [-0.39, 0.29) is 18.6 Å². The van der Waals surface area contributed by atoms with Gasteiger partial charge in [0.15, 0.2) is 0 Å². The van der Waals surface area contributed by atoms with E-state index >= 15 is 0 Å². The van der Waals surface area contributed by atoms with Crippen LogP contribution in [-0.4, -0.2) is 56.5 Å². The molecule has 1 aliphatic rings. The molecular weight excluding hydrogens is 231 g/mol. The molecule has 1 saturated heterocycles. The first kappa shape index (κ1) is 13.0. The van der Waals surface area contributed by atoms with Gasteiger partial charge in [-0.1, -0.05) is 0 Å². The molecule has 0 bridgehead atoms. The van der Waals surface area contributed by atoms with E-state index in [1.54, 1.807) is 6.41 Å². The van der Waals surface area contributed by atoms with Gasteiger partial charge in [-0.15, -0.1) is 0 Å². The van der Waals surface area contributed by atoms with Crippen molar-refractivity contribution in [1.82, 2.24) is 9.21 Å². The second kappa shape index (κ2) is 5.00. The number of amides is 1. The number of sulfonamides is 1. The Morgan fingerprint density at radius 1 is 1.15 bits per heavy atom. The van der Waals surface area contributed by atoms with Gasteiger partial charge in [0, 0.05) is 44.7 Å². The van der Waals surface area contributed by atoms with Crippen LogP contribution >= 0.6 is 0 Å². The van der Waals surface area contributed by atoms with Crippen LogP contribution in [0.2, 0.25) is 0 Å². The average Bonchev–Trinajstić information content (AvgIpc) is 2.03.